The molecule has 1 saturated carbocycles. The molecule has 6 heteroatoms. The van der Waals surface area contributed by atoms with Crippen LogP contribution in [0.3, 0.4) is 0 Å². The summed E-state index contributed by atoms with van der Waals surface area (Å²) in [6.07, 6.45) is 1.66. The average Bonchev–Trinajstić information content (AvgIpc) is 2.47. The molecule has 1 heterocycles. The van der Waals surface area contributed by atoms with Crippen LogP contribution >= 0.6 is 11.6 Å². The molecule has 1 aliphatic heterocycles. The molecule has 3 atom stereocenters. The number of carbonyl (C=O) groups is 1. The number of rotatable bonds is 3. The minimum Gasteiger partial charge on any atom is -0.468 e. The quantitative estimate of drug-likeness (QED) is 0.882. The summed E-state index contributed by atoms with van der Waals surface area (Å²) in [5.74, 6) is 0.330. The van der Waals surface area contributed by atoms with Gasteiger partial charge in [0.25, 0.3) is 0 Å². The van der Waals surface area contributed by atoms with Crippen molar-refractivity contribution >= 4 is 23.3 Å². The molecule has 0 amide bonds. The first kappa shape index (κ1) is 14.5. The molecule has 1 unspecified atom stereocenters. The maximum atomic E-state index is 12.8. The van der Waals surface area contributed by atoms with E-state index >= 15 is 0 Å². The third kappa shape index (κ3) is 2.25. The number of Topliss-reactive ketones (excluding diaryl/α,β-unsaturated/α-hetero) is 1. The van der Waals surface area contributed by atoms with Crippen LogP contribution in [0.25, 0.3) is 0 Å². The van der Waals surface area contributed by atoms with E-state index in [4.69, 9.17) is 27.8 Å². The van der Waals surface area contributed by atoms with Crippen LogP contribution in [0.2, 0.25) is 5.02 Å². The zero-order valence-corrected chi connectivity index (χ0v) is 12.3. The number of fused-ring (bicyclic) bond motifs is 2. The second-order valence-electron chi connectivity index (χ2n) is 5.50. The van der Waals surface area contributed by atoms with Gasteiger partial charge in [-0.2, -0.15) is 0 Å². The maximum Gasteiger partial charge on any atom is 0.205 e. The molecule has 112 valence electrons. The van der Waals surface area contributed by atoms with Gasteiger partial charge in [0.05, 0.1) is 6.04 Å². The Morgan fingerprint density at radius 2 is 2.24 bits per heavy atom. The Bertz CT molecular complexity index is 604. The van der Waals surface area contributed by atoms with Crippen LogP contribution in [0, 0.1) is 0 Å². The van der Waals surface area contributed by atoms with Crippen molar-refractivity contribution in [3.63, 3.8) is 0 Å². The first-order chi connectivity index (χ1) is 10.1. The second-order valence-corrected chi connectivity index (χ2v) is 5.90. The molecule has 5 nitrogen and oxygen atoms in total. The van der Waals surface area contributed by atoms with Gasteiger partial charge < -0.3 is 16.2 Å². The zero-order chi connectivity index (χ0) is 15.0. The smallest absolute Gasteiger partial charge is 0.205 e. The van der Waals surface area contributed by atoms with Gasteiger partial charge in [0, 0.05) is 17.1 Å². The molecule has 3 rings (SSSR count). The molecule has 4 N–H and O–H groups in total. The fourth-order valence-electron chi connectivity index (χ4n) is 3.04. The van der Waals surface area contributed by atoms with E-state index in [1.807, 2.05) is 18.2 Å². The van der Waals surface area contributed by atoms with Crippen molar-refractivity contribution < 1.29 is 9.53 Å². The van der Waals surface area contributed by atoms with Crippen LogP contribution in [0.5, 0.6) is 0 Å². The van der Waals surface area contributed by atoms with Crippen molar-refractivity contribution in [3.8, 4) is 0 Å². The SMILES string of the molecule is NCC(N)C1=N[C@@]2(c3ccccc3Cl)CCC[C@@H](O1)C2=O. The highest BCUT2D eigenvalue weighted by Gasteiger charge is 2.52. The van der Waals surface area contributed by atoms with Gasteiger partial charge in [0.1, 0.15) is 0 Å². The molecule has 1 aliphatic carbocycles. The summed E-state index contributed by atoms with van der Waals surface area (Å²) in [5, 5.41) is 0.540. The Balaban J connectivity index is 2.16. The summed E-state index contributed by atoms with van der Waals surface area (Å²) < 4.78 is 5.66. The second kappa shape index (κ2) is 5.40. The predicted octanol–water partition coefficient (Wildman–Crippen LogP) is 1.37. The highest BCUT2D eigenvalue weighted by Crippen LogP contribution is 2.44. The van der Waals surface area contributed by atoms with Crippen molar-refractivity contribution in [2.24, 2.45) is 16.5 Å². The summed E-state index contributed by atoms with van der Waals surface area (Å²) in [6, 6.07) is 6.82. The summed E-state index contributed by atoms with van der Waals surface area (Å²) >= 11 is 6.31. The Labute approximate surface area is 128 Å². The maximum absolute atomic E-state index is 12.8. The van der Waals surface area contributed by atoms with Crippen LogP contribution in [-0.4, -0.2) is 30.4 Å². The molecule has 0 radical (unpaired) electrons. The lowest BCUT2D eigenvalue weighted by Crippen LogP contribution is -2.55. The number of benzene rings is 1. The van der Waals surface area contributed by atoms with Crippen LogP contribution < -0.4 is 11.5 Å². The molecule has 0 aromatic heterocycles. The van der Waals surface area contributed by atoms with Crippen LogP contribution in [0.4, 0.5) is 0 Å². The molecule has 2 bridgehead atoms. The molecule has 21 heavy (non-hydrogen) atoms. The van der Waals surface area contributed by atoms with Gasteiger partial charge in [-0.3, -0.25) is 4.79 Å². The third-order valence-corrected chi connectivity index (χ3v) is 4.49. The van der Waals surface area contributed by atoms with Crippen molar-refractivity contribution in [1.29, 1.82) is 0 Å². The van der Waals surface area contributed by atoms with E-state index in [0.717, 1.165) is 12.0 Å². The normalized spacial score (nSPS) is 29.6. The highest BCUT2D eigenvalue weighted by atomic mass is 35.5. The molecule has 1 aromatic rings. The number of ketones is 1. The zero-order valence-electron chi connectivity index (χ0n) is 11.6. The van der Waals surface area contributed by atoms with Gasteiger partial charge in [-0.15, -0.1) is 0 Å². The lowest BCUT2D eigenvalue weighted by molar-refractivity contribution is -0.137. The minimum absolute atomic E-state index is 0.0326. The molecule has 0 spiro atoms. The third-order valence-electron chi connectivity index (χ3n) is 4.16. The highest BCUT2D eigenvalue weighted by molar-refractivity contribution is 6.32. The van der Waals surface area contributed by atoms with Crippen LogP contribution in [0.15, 0.2) is 29.3 Å². The van der Waals surface area contributed by atoms with Crippen molar-refractivity contribution in [2.45, 2.75) is 36.9 Å². The van der Waals surface area contributed by atoms with Crippen molar-refractivity contribution in [3.05, 3.63) is 34.9 Å². The van der Waals surface area contributed by atoms with Gasteiger partial charge >= 0.3 is 0 Å². The van der Waals surface area contributed by atoms with E-state index in [-0.39, 0.29) is 12.3 Å². The number of hydrogen-bond donors (Lipinski definition) is 2. The van der Waals surface area contributed by atoms with Gasteiger partial charge in [0.15, 0.2) is 11.6 Å². The van der Waals surface area contributed by atoms with Crippen LogP contribution in [-0.2, 0) is 15.1 Å². The Morgan fingerprint density at radius 3 is 2.95 bits per heavy atom. The molecular formula is C15H18ClN3O2. The number of nitrogens with zero attached hydrogens (tertiary/aromatic N) is 1. The van der Waals surface area contributed by atoms with Crippen molar-refractivity contribution in [2.75, 3.05) is 6.54 Å². The van der Waals surface area contributed by atoms with E-state index in [0.29, 0.717) is 23.8 Å². The first-order valence-corrected chi connectivity index (χ1v) is 7.47. The molecule has 2 aliphatic rings. The largest absolute Gasteiger partial charge is 0.468 e. The van der Waals surface area contributed by atoms with E-state index in [1.54, 1.807) is 6.07 Å². The van der Waals surface area contributed by atoms with Gasteiger partial charge in [0.2, 0.25) is 11.7 Å². The lowest BCUT2D eigenvalue weighted by atomic mass is 9.73. The monoisotopic (exact) mass is 307 g/mol. The Hall–Kier alpha value is -1.43. The number of nitrogens with two attached hydrogens (primary N) is 2. The molecule has 1 fully saturated rings. The van der Waals surface area contributed by atoms with Crippen molar-refractivity contribution in [1.82, 2.24) is 0 Å². The summed E-state index contributed by atoms with van der Waals surface area (Å²) in [4.78, 5) is 17.3. The topological polar surface area (TPSA) is 90.7 Å². The summed E-state index contributed by atoms with van der Waals surface area (Å²) in [5.41, 5.74) is 11.3. The van der Waals surface area contributed by atoms with Gasteiger partial charge in [-0.1, -0.05) is 29.8 Å². The molecule has 1 aromatic carbocycles. The molecular weight excluding hydrogens is 290 g/mol. The summed E-state index contributed by atoms with van der Waals surface area (Å²) in [7, 11) is 0. The van der Waals surface area contributed by atoms with E-state index < -0.39 is 17.7 Å². The summed E-state index contributed by atoms with van der Waals surface area (Å²) in [6.45, 7) is 0.221. The van der Waals surface area contributed by atoms with E-state index in [1.165, 1.54) is 0 Å². The van der Waals surface area contributed by atoms with E-state index in [9.17, 15) is 4.79 Å². The van der Waals surface area contributed by atoms with Gasteiger partial charge in [-0.25, -0.2) is 4.99 Å². The Morgan fingerprint density at radius 1 is 1.48 bits per heavy atom. The number of halogens is 1. The number of ether oxygens (including phenoxy) is 1. The van der Waals surface area contributed by atoms with E-state index in [2.05, 4.69) is 4.99 Å². The number of hydrogen-bond acceptors (Lipinski definition) is 5. The first-order valence-electron chi connectivity index (χ1n) is 7.10. The molecule has 0 saturated heterocycles. The van der Waals surface area contributed by atoms with Gasteiger partial charge in [-0.05, 0) is 25.3 Å². The Kier molecular flexibility index (Phi) is 3.73. The number of carbonyl (C=O) groups excluding carboxylic acids is 1. The fraction of sp³-hybridized carbons (Fsp3) is 0.467. The minimum atomic E-state index is -0.971. The lowest BCUT2D eigenvalue weighted by Gasteiger charge is -2.42. The standard InChI is InChI=1S/C15H18ClN3O2/c16-10-5-2-1-4-9(10)15-7-3-6-12(13(15)20)21-14(19-15)11(18)8-17/h1-2,4-5,11-12H,3,6-8,17-18H2/t11?,12-,15-/m1/s1. The average molecular weight is 308 g/mol. The fourth-order valence-corrected chi connectivity index (χ4v) is 3.33. The van der Waals surface area contributed by atoms with Crippen LogP contribution in [0.1, 0.15) is 24.8 Å². The number of aliphatic imine (C=N–C) groups is 1. The predicted molar refractivity (Wildman–Crippen MR) is 81.3 cm³/mol.